The van der Waals surface area contributed by atoms with Gasteiger partial charge in [0.25, 0.3) is 5.91 Å². The summed E-state index contributed by atoms with van der Waals surface area (Å²) in [5, 5.41) is 14.9. The average molecular weight is 436 g/mol. The molecular formula is C23H21N3O4S. The van der Waals surface area contributed by atoms with E-state index >= 15 is 0 Å². The van der Waals surface area contributed by atoms with Crippen molar-refractivity contribution in [2.45, 2.75) is 25.7 Å². The average Bonchev–Trinajstić information content (AvgIpc) is 3.16. The number of nitrogens with zero attached hydrogens (tertiary/aromatic N) is 2. The number of para-hydroxylation sites is 1. The van der Waals surface area contributed by atoms with Crippen LogP contribution in [-0.2, 0) is 12.8 Å². The molecule has 31 heavy (non-hydrogen) atoms. The van der Waals surface area contributed by atoms with Crippen molar-refractivity contribution in [3.63, 3.8) is 0 Å². The predicted octanol–water partition coefficient (Wildman–Crippen LogP) is 5.55. The van der Waals surface area contributed by atoms with E-state index in [4.69, 9.17) is 4.74 Å². The van der Waals surface area contributed by atoms with Gasteiger partial charge in [-0.3, -0.25) is 14.9 Å². The number of nitro benzene ring substituents is 1. The molecule has 0 bridgehead atoms. The Kier molecular flexibility index (Phi) is 6.08. The van der Waals surface area contributed by atoms with E-state index < -0.39 is 4.92 Å². The topological polar surface area (TPSA) is 93.8 Å². The first-order valence-corrected chi connectivity index (χ1v) is 10.8. The number of ether oxygens (including phenoxy) is 1. The summed E-state index contributed by atoms with van der Waals surface area (Å²) in [7, 11) is 1.39. The second kappa shape index (κ2) is 9.09. The molecule has 0 spiro atoms. The van der Waals surface area contributed by atoms with Gasteiger partial charge in [0.15, 0.2) is 5.75 Å². The number of anilines is 1. The molecule has 2 aromatic carbocycles. The summed E-state index contributed by atoms with van der Waals surface area (Å²) >= 11 is 1.52. The van der Waals surface area contributed by atoms with Gasteiger partial charge >= 0.3 is 5.69 Å². The van der Waals surface area contributed by atoms with E-state index in [1.165, 1.54) is 29.4 Å². The highest BCUT2D eigenvalue weighted by Gasteiger charge is 2.25. The van der Waals surface area contributed by atoms with Gasteiger partial charge in [-0.2, -0.15) is 0 Å². The predicted molar refractivity (Wildman–Crippen MR) is 122 cm³/mol. The minimum absolute atomic E-state index is 0.126. The van der Waals surface area contributed by atoms with Gasteiger partial charge in [0, 0.05) is 22.8 Å². The third kappa shape index (κ3) is 4.49. The van der Waals surface area contributed by atoms with Crippen molar-refractivity contribution in [1.29, 1.82) is 0 Å². The highest BCUT2D eigenvalue weighted by Crippen LogP contribution is 2.40. The number of thiophene rings is 1. The fourth-order valence-corrected chi connectivity index (χ4v) is 4.89. The van der Waals surface area contributed by atoms with E-state index in [9.17, 15) is 14.9 Å². The van der Waals surface area contributed by atoms with E-state index in [-0.39, 0.29) is 17.3 Å². The highest BCUT2D eigenvalue weighted by molar-refractivity contribution is 7.16. The molecule has 1 aliphatic carbocycles. The molecule has 0 unspecified atom stereocenters. The Morgan fingerprint density at radius 3 is 2.71 bits per heavy atom. The first-order chi connectivity index (χ1) is 15.1. The lowest BCUT2D eigenvalue weighted by Crippen LogP contribution is -2.14. The van der Waals surface area contributed by atoms with E-state index in [1.807, 2.05) is 30.3 Å². The number of hydrogen-bond acceptors (Lipinski definition) is 6. The molecule has 8 heteroatoms. The Morgan fingerprint density at radius 1 is 1.19 bits per heavy atom. The maximum Gasteiger partial charge on any atom is 0.311 e. The molecular weight excluding hydrogens is 414 g/mol. The van der Waals surface area contributed by atoms with Crippen LogP contribution in [0.25, 0.3) is 0 Å². The van der Waals surface area contributed by atoms with Crippen LogP contribution in [0.2, 0.25) is 0 Å². The Balaban J connectivity index is 1.68. The number of aliphatic imine (C=N–C) groups is 1. The minimum atomic E-state index is -0.487. The number of aryl methyl sites for hydroxylation is 1. The number of rotatable bonds is 6. The molecule has 1 aromatic heterocycles. The third-order valence-corrected chi connectivity index (χ3v) is 6.34. The molecule has 3 aromatic rings. The first kappa shape index (κ1) is 20.7. The Bertz CT molecular complexity index is 1160. The molecule has 1 heterocycles. The number of carbonyl (C=O) groups excluding carboxylic acids is 1. The van der Waals surface area contributed by atoms with Crippen LogP contribution >= 0.6 is 11.3 Å². The lowest BCUT2D eigenvalue weighted by molar-refractivity contribution is -0.385. The number of benzene rings is 2. The van der Waals surface area contributed by atoms with Crippen molar-refractivity contribution in [2.75, 3.05) is 12.4 Å². The van der Waals surface area contributed by atoms with Crippen LogP contribution in [0.3, 0.4) is 0 Å². The zero-order chi connectivity index (χ0) is 21.8. The zero-order valence-electron chi connectivity index (χ0n) is 17.0. The van der Waals surface area contributed by atoms with Crippen LogP contribution in [0, 0.1) is 10.1 Å². The molecule has 1 aliphatic rings. The van der Waals surface area contributed by atoms with Crippen molar-refractivity contribution in [3.05, 3.63) is 80.2 Å². The lowest BCUT2D eigenvalue weighted by atomic mass is 9.95. The summed E-state index contributed by atoms with van der Waals surface area (Å²) in [6, 6.07) is 14.0. The van der Waals surface area contributed by atoms with Crippen molar-refractivity contribution in [2.24, 2.45) is 4.99 Å². The molecule has 1 amide bonds. The number of nitrogens with one attached hydrogen (secondary N) is 1. The van der Waals surface area contributed by atoms with Gasteiger partial charge in [0.2, 0.25) is 0 Å². The van der Waals surface area contributed by atoms with E-state index in [0.29, 0.717) is 16.1 Å². The smallest absolute Gasteiger partial charge is 0.311 e. The molecule has 0 radical (unpaired) electrons. The van der Waals surface area contributed by atoms with Gasteiger partial charge in [-0.15, -0.1) is 11.3 Å². The Hall–Kier alpha value is -3.52. The highest BCUT2D eigenvalue weighted by atomic mass is 32.1. The molecule has 158 valence electrons. The van der Waals surface area contributed by atoms with Crippen LogP contribution in [-0.4, -0.2) is 24.2 Å². The number of hydrogen-bond donors (Lipinski definition) is 1. The SMILES string of the molecule is COc1ccc(C=Nc2sc3c(c2C(=O)Nc2ccccc2)CCCC3)cc1[N+](=O)[O-]. The minimum Gasteiger partial charge on any atom is -0.490 e. The maximum absolute atomic E-state index is 13.1. The quantitative estimate of drug-likeness (QED) is 0.312. The van der Waals surface area contributed by atoms with Gasteiger partial charge in [-0.25, -0.2) is 4.99 Å². The van der Waals surface area contributed by atoms with Gasteiger partial charge < -0.3 is 10.1 Å². The van der Waals surface area contributed by atoms with Gasteiger partial charge in [0.1, 0.15) is 5.00 Å². The van der Waals surface area contributed by atoms with E-state index in [0.717, 1.165) is 36.9 Å². The summed E-state index contributed by atoms with van der Waals surface area (Å²) in [6.45, 7) is 0. The number of nitro groups is 1. The number of fused-ring (bicyclic) bond motifs is 1. The van der Waals surface area contributed by atoms with Crippen LogP contribution in [0.1, 0.15) is 39.2 Å². The number of amides is 1. The fourth-order valence-electron chi connectivity index (χ4n) is 3.65. The normalized spacial score (nSPS) is 13.1. The van der Waals surface area contributed by atoms with Crippen molar-refractivity contribution in [3.8, 4) is 5.75 Å². The summed E-state index contributed by atoms with van der Waals surface area (Å²) < 4.78 is 5.05. The first-order valence-electron chi connectivity index (χ1n) is 9.94. The molecule has 7 nitrogen and oxygen atoms in total. The summed E-state index contributed by atoms with van der Waals surface area (Å²) in [5.41, 5.74) is 2.83. The number of carbonyl (C=O) groups is 1. The van der Waals surface area contributed by atoms with Crippen molar-refractivity contribution in [1.82, 2.24) is 0 Å². The second-order valence-corrected chi connectivity index (χ2v) is 8.24. The molecule has 4 rings (SSSR count). The van der Waals surface area contributed by atoms with E-state index in [1.54, 1.807) is 18.3 Å². The third-order valence-electron chi connectivity index (χ3n) is 5.14. The van der Waals surface area contributed by atoms with Crippen molar-refractivity contribution >= 4 is 39.8 Å². The van der Waals surface area contributed by atoms with Gasteiger partial charge in [-0.05, 0) is 61.1 Å². The van der Waals surface area contributed by atoms with Gasteiger partial charge in [-0.1, -0.05) is 18.2 Å². The monoisotopic (exact) mass is 435 g/mol. The largest absolute Gasteiger partial charge is 0.490 e. The molecule has 0 saturated carbocycles. The molecule has 0 atom stereocenters. The van der Waals surface area contributed by atoms with Crippen LogP contribution in [0.5, 0.6) is 5.75 Å². The molecule has 1 N–H and O–H groups in total. The summed E-state index contributed by atoms with van der Waals surface area (Å²) in [5.74, 6) is 0.00938. The Morgan fingerprint density at radius 2 is 1.97 bits per heavy atom. The fraction of sp³-hybridized carbons (Fsp3) is 0.217. The number of methoxy groups -OCH3 is 1. The summed E-state index contributed by atoms with van der Waals surface area (Å²) in [4.78, 5) is 29.7. The van der Waals surface area contributed by atoms with E-state index in [2.05, 4.69) is 10.3 Å². The molecule has 0 saturated heterocycles. The van der Waals surface area contributed by atoms with Crippen LogP contribution in [0.15, 0.2) is 53.5 Å². The van der Waals surface area contributed by atoms with Crippen LogP contribution in [0.4, 0.5) is 16.4 Å². The molecule has 0 fully saturated rings. The van der Waals surface area contributed by atoms with Crippen molar-refractivity contribution < 1.29 is 14.5 Å². The zero-order valence-corrected chi connectivity index (χ0v) is 17.8. The second-order valence-electron chi connectivity index (χ2n) is 7.16. The summed E-state index contributed by atoms with van der Waals surface area (Å²) in [6.07, 6.45) is 5.50. The van der Waals surface area contributed by atoms with Crippen LogP contribution < -0.4 is 10.1 Å². The lowest BCUT2D eigenvalue weighted by Gasteiger charge is -2.12. The molecule has 0 aliphatic heterocycles. The van der Waals surface area contributed by atoms with Gasteiger partial charge in [0.05, 0.1) is 17.6 Å². The standard InChI is InChI=1S/C23H21N3O4S/c1-30-19-12-11-15(13-18(19)26(28)29)14-24-23-21(17-9-5-6-10-20(17)31-23)22(27)25-16-7-3-2-4-8-16/h2-4,7-8,11-14H,5-6,9-10H2,1H3,(H,25,27). The maximum atomic E-state index is 13.1. The Labute approximate surface area is 183 Å².